The lowest BCUT2D eigenvalue weighted by atomic mass is 10.0. The Morgan fingerprint density at radius 1 is 1.28 bits per heavy atom. The Balaban J connectivity index is 2.51. The topological polar surface area (TPSA) is 83.4 Å². The van der Waals surface area contributed by atoms with Crippen molar-refractivity contribution < 1.29 is 14.3 Å². The van der Waals surface area contributed by atoms with Crippen molar-refractivity contribution in [3.8, 4) is 0 Å². The summed E-state index contributed by atoms with van der Waals surface area (Å²) in [5.74, 6) is -0.135. The molecule has 2 rings (SSSR count). The van der Waals surface area contributed by atoms with Crippen LogP contribution in [0.1, 0.15) is 36.7 Å². The van der Waals surface area contributed by atoms with Gasteiger partial charge in [-0.25, -0.2) is 14.8 Å². The smallest absolute Gasteiger partial charge is 0.339 e. The van der Waals surface area contributed by atoms with Crippen LogP contribution in [0, 0.1) is 0 Å². The molecule has 0 saturated carbocycles. The molecule has 1 heterocycles. The first-order chi connectivity index (χ1) is 11.9. The molecule has 0 spiro atoms. The molecule has 130 valence electrons. The summed E-state index contributed by atoms with van der Waals surface area (Å²) in [5.41, 5.74) is 3.05. The van der Waals surface area contributed by atoms with Gasteiger partial charge in [-0.3, -0.25) is 4.79 Å². The van der Waals surface area contributed by atoms with Crippen molar-refractivity contribution in [3.63, 3.8) is 0 Å². The Morgan fingerprint density at radius 3 is 2.56 bits per heavy atom. The number of carbonyl (C=O) groups is 2. The third kappa shape index (κ3) is 4.00. The summed E-state index contributed by atoms with van der Waals surface area (Å²) >= 11 is 0. The second-order valence-electron chi connectivity index (χ2n) is 5.56. The number of hydrogen-bond acceptors (Lipinski definition) is 6. The monoisotopic (exact) mass is 340 g/mol. The quantitative estimate of drug-likeness (QED) is 0.675. The molecule has 1 N–H and O–H groups in total. The molecule has 0 unspecified atom stereocenters. The van der Waals surface area contributed by atoms with Crippen LogP contribution < -0.4 is 5.32 Å². The fourth-order valence-electron chi connectivity index (χ4n) is 2.31. The van der Waals surface area contributed by atoms with Gasteiger partial charge in [0.15, 0.2) is 5.82 Å². The standard InChI is InChI=1S/C18H20N4O3/c1-11(2)17-21-15(8-9-22(17)19-4)13-6-7-14(18(24)25-5)16(10-13)20-12(3)23/h6-10H,4H2,1-3,5H3,(H,20,23). The van der Waals surface area contributed by atoms with E-state index < -0.39 is 5.97 Å². The second kappa shape index (κ2) is 7.57. The summed E-state index contributed by atoms with van der Waals surface area (Å²) in [6.45, 7) is 8.75. The molecule has 0 fully saturated rings. The van der Waals surface area contributed by atoms with Crippen LogP contribution >= 0.6 is 0 Å². The molecule has 0 atom stereocenters. The molecule has 1 amide bonds. The second-order valence-corrected chi connectivity index (χ2v) is 5.56. The van der Waals surface area contributed by atoms with Gasteiger partial charge in [0.05, 0.1) is 24.1 Å². The number of hydrazone groups is 1. The van der Waals surface area contributed by atoms with Gasteiger partial charge in [0.25, 0.3) is 0 Å². The molecule has 25 heavy (non-hydrogen) atoms. The average molecular weight is 340 g/mol. The highest BCUT2D eigenvalue weighted by Crippen LogP contribution is 2.24. The first kappa shape index (κ1) is 18.1. The van der Waals surface area contributed by atoms with Crippen LogP contribution in [0.3, 0.4) is 0 Å². The van der Waals surface area contributed by atoms with Gasteiger partial charge < -0.3 is 10.1 Å². The molecular formula is C18H20N4O3. The van der Waals surface area contributed by atoms with Crippen molar-refractivity contribution in [3.05, 3.63) is 53.0 Å². The van der Waals surface area contributed by atoms with Crippen LogP contribution in [0.5, 0.6) is 0 Å². The zero-order valence-corrected chi connectivity index (χ0v) is 14.7. The minimum absolute atomic E-state index is 0.277. The molecule has 7 heteroatoms. The Hall–Kier alpha value is -3.22. The number of ether oxygens (including phenoxy) is 1. The SMILES string of the molecule is C=NN1C=CC(c2ccc(C(=O)OC)c(NC(C)=O)c2)=NC1=C(C)C. The van der Waals surface area contributed by atoms with E-state index in [9.17, 15) is 9.59 Å². The maximum atomic E-state index is 11.9. The van der Waals surface area contributed by atoms with Gasteiger partial charge in [-0.15, -0.1) is 0 Å². The van der Waals surface area contributed by atoms with E-state index >= 15 is 0 Å². The maximum absolute atomic E-state index is 11.9. The van der Waals surface area contributed by atoms with Crippen molar-refractivity contribution >= 4 is 30.0 Å². The predicted octanol–water partition coefficient (Wildman–Crippen LogP) is 2.92. The van der Waals surface area contributed by atoms with E-state index in [1.165, 1.54) is 14.0 Å². The minimum atomic E-state index is -0.525. The number of aliphatic imine (C=N–C) groups is 1. The first-order valence-corrected chi connectivity index (χ1v) is 7.58. The zero-order valence-electron chi connectivity index (χ0n) is 14.7. The molecule has 1 aliphatic heterocycles. The highest BCUT2D eigenvalue weighted by Gasteiger charge is 2.17. The Labute approximate surface area is 146 Å². The fraction of sp³-hybridized carbons (Fsp3) is 0.222. The normalized spacial score (nSPS) is 13.2. The number of carbonyl (C=O) groups excluding carboxylic acids is 2. The summed E-state index contributed by atoms with van der Waals surface area (Å²) in [4.78, 5) is 27.9. The zero-order chi connectivity index (χ0) is 18.6. The van der Waals surface area contributed by atoms with Gasteiger partial charge in [0.2, 0.25) is 5.91 Å². The van der Waals surface area contributed by atoms with E-state index in [1.807, 2.05) is 13.8 Å². The highest BCUT2D eigenvalue weighted by atomic mass is 16.5. The molecule has 0 saturated heterocycles. The van der Waals surface area contributed by atoms with Gasteiger partial charge in [0.1, 0.15) is 0 Å². The van der Waals surface area contributed by atoms with E-state index in [-0.39, 0.29) is 11.5 Å². The van der Waals surface area contributed by atoms with E-state index in [1.54, 1.807) is 35.5 Å². The lowest BCUT2D eigenvalue weighted by molar-refractivity contribution is -0.114. The van der Waals surface area contributed by atoms with Gasteiger partial charge >= 0.3 is 5.97 Å². The number of anilines is 1. The fourth-order valence-corrected chi connectivity index (χ4v) is 2.31. The Kier molecular flexibility index (Phi) is 5.49. The van der Waals surface area contributed by atoms with Gasteiger partial charge in [-0.05, 0) is 37.6 Å². The third-order valence-electron chi connectivity index (χ3n) is 3.45. The Bertz CT molecular complexity index is 818. The number of methoxy groups -OCH3 is 1. The average Bonchev–Trinajstić information content (AvgIpc) is 2.59. The van der Waals surface area contributed by atoms with E-state index in [4.69, 9.17) is 4.74 Å². The number of hydrogen-bond donors (Lipinski definition) is 1. The van der Waals surface area contributed by atoms with Gasteiger partial charge in [-0.2, -0.15) is 5.10 Å². The number of amides is 1. The maximum Gasteiger partial charge on any atom is 0.339 e. The van der Waals surface area contributed by atoms with Crippen LogP contribution in [-0.2, 0) is 9.53 Å². The summed E-state index contributed by atoms with van der Waals surface area (Å²) in [6.07, 6.45) is 3.54. The van der Waals surface area contributed by atoms with Crippen molar-refractivity contribution in [2.75, 3.05) is 12.4 Å². The van der Waals surface area contributed by atoms with Crippen molar-refractivity contribution in [2.24, 2.45) is 10.1 Å². The molecule has 0 bridgehead atoms. The van der Waals surface area contributed by atoms with Crippen LogP contribution in [0.15, 0.2) is 52.0 Å². The number of nitrogens with zero attached hydrogens (tertiary/aromatic N) is 3. The lowest BCUT2D eigenvalue weighted by Crippen LogP contribution is -2.17. The first-order valence-electron chi connectivity index (χ1n) is 7.58. The van der Waals surface area contributed by atoms with Crippen LogP contribution in [0.25, 0.3) is 0 Å². The number of benzene rings is 1. The lowest BCUT2D eigenvalue weighted by Gasteiger charge is -2.21. The molecule has 0 aliphatic carbocycles. The molecular weight excluding hydrogens is 320 g/mol. The number of rotatable bonds is 4. The van der Waals surface area contributed by atoms with Crippen molar-refractivity contribution in [2.45, 2.75) is 20.8 Å². The van der Waals surface area contributed by atoms with Gasteiger partial charge in [0, 0.05) is 25.4 Å². The largest absolute Gasteiger partial charge is 0.465 e. The molecule has 1 aromatic carbocycles. The van der Waals surface area contributed by atoms with E-state index in [0.717, 1.165) is 11.1 Å². The summed E-state index contributed by atoms with van der Waals surface area (Å²) in [5, 5.41) is 8.13. The summed E-state index contributed by atoms with van der Waals surface area (Å²) in [6, 6.07) is 5.04. The van der Waals surface area contributed by atoms with Gasteiger partial charge in [-0.1, -0.05) is 6.07 Å². The molecule has 1 aromatic rings. The highest BCUT2D eigenvalue weighted by molar-refractivity contribution is 6.11. The Morgan fingerprint density at radius 2 is 2.00 bits per heavy atom. The predicted molar refractivity (Wildman–Crippen MR) is 97.5 cm³/mol. The molecule has 0 radical (unpaired) electrons. The van der Waals surface area contributed by atoms with Crippen molar-refractivity contribution in [1.29, 1.82) is 0 Å². The summed E-state index contributed by atoms with van der Waals surface area (Å²) in [7, 11) is 1.29. The van der Waals surface area contributed by atoms with Crippen LogP contribution in [0.4, 0.5) is 5.69 Å². The minimum Gasteiger partial charge on any atom is -0.465 e. The van der Waals surface area contributed by atoms with E-state index in [2.05, 4.69) is 22.1 Å². The molecule has 1 aliphatic rings. The molecule has 0 aromatic heterocycles. The van der Waals surface area contributed by atoms with Crippen LogP contribution in [0.2, 0.25) is 0 Å². The van der Waals surface area contributed by atoms with Crippen molar-refractivity contribution in [1.82, 2.24) is 5.01 Å². The number of nitrogens with one attached hydrogen (secondary N) is 1. The van der Waals surface area contributed by atoms with Crippen LogP contribution in [-0.4, -0.2) is 36.4 Å². The number of esters is 1. The molecule has 7 nitrogen and oxygen atoms in total. The number of allylic oxidation sites excluding steroid dienone is 2. The third-order valence-corrected chi connectivity index (χ3v) is 3.45. The van der Waals surface area contributed by atoms with E-state index in [0.29, 0.717) is 17.2 Å². The summed E-state index contributed by atoms with van der Waals surface area (Å²) < 4.78 is 4.75.